The fourth-order valence-corrected chi connectivity index (χ4v) is 2.54. The molecule has 6 nitrogen and oxygen atoms in total. The Hall–Kier alpha value is -1.69. The minimum absolute atomic E-state index is 0.213. The lowest BCUT2D eigenvalue weighted by atomic mass is 10.1. The van der Waals surface area contributed by atoms with Crippen molar-refractivity contribution in [1.29, 1.82) is 0 Å². The SMILES string of the molecule is [2H]C([2H])(CCCCC(=O)OC(C)(C)C)N1CCN(c2ncccn2)CC1. The van der Waals surface area contributed by atoms with Gasteiger partial charge in [0.15, 0.2) is 0 Å². The van der Waals surface area contributed by atoms with E-state index in [1.54, 1.807) is 18.5 Å². The topological polar surface area (TPSA) is 58.6 Å². The summed E-state index contributed by atoms with van der Waals surface area (Å²) in [6, 6.07) is 1.79. The lowest BCUT2D eigenvalue weighted by Gasteiger charge is -2.34. The van der Waals surface area contributed by atoms with E-state index in [1.165, 1.54) is 0 Å². The van der Waals surface area contributed by atoms with Crippen molar-refractivity contribution in [1.82, 2.24) is 14.9 Å². The van der Waals surface area contributed by atoms with Gasteiger partial charge in [0.2, 0.25) is 5.95 Å². The molecule has 24 heavy (non-hydrogen) atoms. The van der Waals surface area contributed by atoms with Crippen LogP contribution in [0.1, 0.15) is 49.2 Å². The van der Waals surface area contributed by atoms with Crippen LogP contribution in [0.3, 0.4) is 0 Å². The minimum atomic E-state index is -1.36. The molecule has 0 unspecified atom stereocenters. The Morgan fingerprint density at radius 1 is 1.17 bits per heavy atom. The summed E-state index contributed by atoms with van der Waals surface area (Å²) in [5.41, 5.74) is -0.464. The molecule has 6 heteroatoms. The maximum Gasteiger partial charge on any atom is 0.306 e. The van der Waals surface area contributed by atoms with Crippen molar-refractivity contribution in [2.24, 2.45) is 0 Å². The number of aromatic nitrogens is 2. The Morgan fingerprint density at radius 3 is 2.46 bits per heavy atom. The van der Waals surface area contributed by atoms with Crippen molar-refractivity contribution < 1.29 is 12.3 Å². The first-order chi connectivity index (χ1) is 12.2. The number of piperazine rings is 1. The summed E-state index contributed by atoms with van der Waals surface area (Å²) in [5.74, 6) is 0.486. The monoisotopic (exact) mass is 336 g/mol. The summed E-state index contributed by atoms with van der Waals surface area (Å²) >= 11 is 0. The molecule has 134 valence electrons. The van der Waals surface area contributed by atoms with E-state index in [-0.39, 0.29) is 5.97 Å². The van der Waals surface area contributed by atoms with Gasteiger partial charge in [-0.3, -0.25) is 9.69 Å². The average Bonchev–Trinajstić information content (AvgIpc) is 2.58. The quantitative estimate of drug-likeness (QED) is 0.563. The zero-order valence-corrected chi connectivity index (χ0v) is 15.0. The zero-order chi connectivity index (χ0) is 19.2. The van der Waals surface area contributed by atoms with Gasteiger partial charge in [-0.1, -0.05) is 6.42 Å². The first-order valence-electron chi connectivity index (χ1n) is 9.66. The summed E-state index contributed by atoms with van der Waals surface area (Å²) in [6.07, 6.45) is 5.50. The Labute approximate surface area is 148 Å². The normalized spacial score (nSPS) is 18.0. The fourth-order valence-electron chi connectivity index (χ4n) is 2.54. The van der Waals surface area contributed by atoms with E-state index >= 15 is 0 Å². The number of ether oxygens (including phenoxy) is 1. The van der Waals surface area contributed by atoms with Gasteiger partial charge in [0.05, 0.1) is 0 Å². The molecule has 1 fully saturated rings. The van der Waals surface area contributed by atoms with Gasteiger partial charge in [-0.25, -0.2) is 9.97 Å². The number of carbonyl (C=O) groups is 1. The first kappa shape index (κ1) is 15.8. The van der Waals surface area contributed by atoms with E-state index in [0.717, 1.165) is 0 Å². The lowest BCUT2D eigenvalue weighted by molar-refractivity contribution is -0.154. The molecular weight excluding hydrogens is 304 g/mol. The van der Waals surface area contributed by atoms with Gasteiger partial charge in [0, 0.05) is 47.7 Å². The maximum atomic E-state index is 11.7. The molecule has 0 aliphatic carbocycles. The van der Waals surface area contributed by atoms with E-state index in [4.69, 9.17) is 7.48 Å². The lowest BCUT2D eigenvalue weighted by Crippen LogP contribution is -2.47. The van der Waals surface area contributed by atoms with Crippen LogP contribution in [0.5, 0.6) is 0 Å². The highest BCUT2D eigenvalue weighted by Crippen LogP contribution is 2.12. The van der Waals surface area contributed by atoms with E-state index in [0.29, 0.717) is 57.8 Å². The van der Waals surface area contributed by atoms with Crippen molar-refractivity contribution in [3.8, 4) is 0 Å². The van der Waals surface area contributed by atoms with E-state index in [9.17, 15) is 4.79 Å². The summed E-state index contributed by atoms with van der Waals surface area (Å²) in [5, 5.41) is 0. The second kappa shape index (κ2) is 8.97. The zero-order valence-electron chi connectivity index (χ0n) is 17.0. The minimum Gasteiger partial charge on any atom is -0.460 e. The molecule has 1 saturated heterocycles. The molecule has 1 aliphatic heterocycles. The summed E-state index contributed by atoms with van der Waals surface area (Å²) in [4.78, 5) is 24.2. The largest absolute Gasteiger partial charge is 0.460 e. The van der Waals surface area contributed by atoms with Crippen LogP contribution in [0, 0.1) is 0 Å². The van der Waals surface area contributed by atoms with E-state index in [2.05, 4.69) is 14.9 Å². The summed E-state index contributed by atoms with van der Waals surface area (Å²) in [7, 11) is 0. The molecule has 0 amide bonds. The van der Waals surface area contributed by atoms with Crippen LogP contribution >= 0.6 is 0 Å². The number of hydrogen-bond donors (Lipinski definition) is 0. The van der Waals surface area contributed by atoms with Crippen molar-refractivity contribution in [3.05, 3.63) is 18.5 Å². The van der Waals surface area contributed by atoms with Gasteiger partial charge in [-0.15, -0.1) is 0 Å². The average molecular weight is 336 g/mol. The van der Waals surface area contributed by atoms with Crippen molar-refractivity contribution in [3.63, 3.8) is 0 Å². The van der Waals surface area contributed by atoms with Crippen LogP contribution in [0.15, 0.2) is 18.5 Å². The molecule has 2 heterocycles. The van der Waals surface area contributed by atoms with Crippen molar-refractivity contribution in [2.75, 3.05) is 37.6 Å². The number of esters is 1. The number of rotatable bonds is 7. The van der Waals surface area contributed by atoms with Gasteiger partial charge in [-0.2, -0.15) is 0 Å². The maximum absolute atomic E-state index is 11.7. The molecule has 2 rings (SSSR count). The van der Waals surface area contributed by atoms with Gasteiger partial charge in [0.25, 0.3) is 0 Å². The highest BCUT2D eigenvalue weighted by atomic mass is 16.6. The second-order valence-electron chi connectivity index (χ2n) is 6.97. The van der Waals surface area contributed by atoms with Gasteiger partial charge in [-0.05, 0) is 46.2 Å². The van der Waals surface area contributed by atoms with Crippen LogP contribution in [-0.4, -0.2) is 59.1 Å². The predicted molar refractivity (Wildman–Crippen MR) is 95.0 cm³/mol. The van der Waals surface area contributed by atoms with Crippen LogP contribution in [0.25, 0.3) is 0 Å². The van der Waals surface area contributed by atoms with Crippen molar-refractivity contribution in [2.45, 2.75) is 52.1 Å². The molecule has 0 radical (unpaired) electrons. The number of nitrogens with zero attached hydrogens (tertiary/aromatic N) is 4. The molecule has 0 aromatic carbocycles. The van der Waals surface area contributed by atoms with Crippen molar-refractivity contribution >= 4 is 11.9 Å². The number of hydrogen-bond acceptors (Lipinski definition) is 6. The highest BCUT2D eigenvalue weighted by Gasteiger charge is 2.18. The standard InChI is InChI=1S/C18H30N4O2/c1-18(2,3)24-16(23)8-5-4-6-11-21-12-14-22(15-13-21)17-19-9-7-10-20-17/h7,9-10H,4-6,8,11-15H2,1-3H3/i11D2. The predicted octanol–water partition coefficient (Wildman–Crippen LogP) is 2.50. The molecule has 1 aromatic heterocycles. The molecule has 0 N–H and O–H groups in total. The van der Waals surface area contributed by atoms with Crippen LogP contribution in [0.4, 0.5) is 5.95 Å². The van der Waals surface area contributed by atoms with Gasteiger partial charge < -0.3 is 9.64 Å². The molecule has 0 saturated carbocycles. The Kier molecular flexibility index (Phi) is 5.91. The third-order valence-corrected chi connectivity index (χ3v) is 3.68. The van der Waals surface area contributed by atoms with E-state index in [1.807, 2.05) is 25.7 Å². The van der Waals surface area contributed by atoms with Gasteiger partial charge in [0.1, 0.15) is 5.60 Å². The Balaban J connectivity index is 1.71. The molecule has 1 aromatic rings. The number of unbranched alkanes of at least 4 members (excludes halogenated alkanes) is 1. The first-order valence-corrected chi connectivity index (χ1v) is 8.66. The van der Waals surface area contributed by atoms with Crippen LogP contribution in [0.2, 0.25) is 0 Å². The van der Waals surface area contributed by atoms with Crippen LogP contribution < -0.4 is 4.90 Å². The third kappa shape index (κ3) is 6.83. The van der Waals surface area contributed by atoms with Crippen LogP contribution in [-0.2, 0) is 9.53 Å². The van der Waals surface area contributed by atoms with Gasteiger partial charge >= 0.3 is 5.97 Å². The second-order valence-corrected chi connectivity index (χ2v) is 6.97. The molecule has 0 atom stereocenters. The third-order valence-electron chi connectivity index (χ3n) is 3.68. The molecular formula is C18H30N4O2. The summed E-state index contributed by atoms with van der Waals surface area (Å²) < 4.78 is 22.0. The molecule has 1 aliphatic rings. The number of carbonyl (C=O) groups excluding carboxylic acids is 1. The Bertz CT molecular complexity index is 570. The highest BCUT2D eigenvalue weighted by molar-refractivity contribution is 5.69. The smallest absolute Gasteiger partial charge is 0.306 e. The summed E-state index contributed by atoms with van der Waals surface area (Å²) in [6.45, 7) is 6.88. The van der Waals surface area contributed by atoms with E-state index < -0.39 is 12.1 Å². The fraction of sp³-hybridized carbons (Fsp3) is 0.722. The molecule has 0 bridgehead atoms. The Morgan fingerprint density at radius 2 is 1.83 bits per heavy atom. The molecule has 0 spiro atoms. The number of anilines is 1.